The SMILES string of the molecule is O=C(NC1CCN(c2ccccc2)C1)c1cc(F)ccc1F. The number of hydrogen-bond donors (Lipinski definition) is 1. The number of nitrogens with one attached hydrogen (secondary N) is 1. The standard InChI is InChI=1S/C17H16F2N2O/c18-12-6-7-16(19)15(10-12)17(22)20-13-8-9-21(11-13)14-4-2-1-3-5-14/h1-7,10,13H,8-9,11H2,(H,20,22). The summed E-state index contributed by atoms with van der Waals surface area (Å²) in [6, 6.07) is 12.7. The minimum atomic E-state index is -0.711. The van der Waals surface area contributed by atoms with E-state index >= 15 is 0 Å². The third-order valence-electron chi connectivity index (χ3n) is 3.82. The summed E-state index contributed by atoms with van der Waals surface area (Å²) in [6.07, 6.45) is 0.775. The first-order chi connectivity index (χ1) is 10.6. The van der Waals surface area contributed by atoms with E-state index in [2.05, 4.69) is 10.2 Å². The van der Waals surface area contributed by atoms with E-state index in [9.17, 15) is 13.6 Å². The highest BCUT2D eigenvalue weighted by Gasteiger charge is 2.25. The van der Waals surface area contributed by atoms with Gasteiger partial charge in [0.15, 0.2) is 0 Å². The zero-order valence-electron chi connectivity index (χ0n) is 11.9. The van der Waals surface area contributed by atoms with Crippen LogP contribution in [0.25, 0.3) is 0 Å². The number of rotatable bonds is 3. The maximum absolute atomic E-state index is 13.6. The third kappa shape index (κ3) is 3.08. The van der Waals surface area contributed by atoms with Crippen molar-refractivity contribution < 1.29 is 13.6 Å². The summed E-state index contributed by atoms with van der Waals surface area (Å²) < 4.78 is 26.7. The molecule has 0 aromatic heterocycles. The van der Waals surface area contributed by atoms with E-state index in [0.29, 0.717) is 6.54 Å². The van der Waals surface area contributed by atoms with Crippen LogP contribution in [0.4, 0.5) is 14.5 Å². The molecule has 1 aliphatic rings. The molecule has 3 rings (SSSR count). The highest BCUT2D eigenvalue weighted by molar-refractivity contribution is 5.94. The van der Waals surface area contributed by atoms with Crippen LogP contribution in [0.1, 0.15) is 16.8 Å². The Kier molecular flexibility index (Phi) is 4.04. The van der Waals surface area contributed by atoms with Gasteiger partial charge in [0.25, 0.3) is 5.91 Å². The van der Waals surface area contributed by atoms with Gasteiger partial charge in [0.1, 0.15) is 11.6 Å². The number of halogens is 2. The number of anilines is 1. The zero-order chi connectivity index (χ0) is 15.5. The van der Waals surface area contributed by atoms with Crippen LogP contribution in [0, 0.1) is 11.6 Å². The van der Waals surface area contributed by atoms with Gasteiger partial charge in [0.2, 0.25) is 0 Å². The summed E-state index contributed by atoms with van der Waals surface area (Å²) in [6.45, 7) is 1.48. The number of nitrogens with zero attached hydrogens (tertiary/aromatic N) is 1. The molecule has 1 atom stereocenters. The molecule has 0 radical (unpaired) electrons. The number of benzene rings is 2. The van der Waals surface area contributed by atoms with E-state index < -0.39 is 17.5 Å². The smallest absolute Gasteiger partial charge is 0.254 e. The fraction of sp³-hybridized carbons (Fsp3) is 0.235. The predicted octanol–water partition coefficient (Wildman–Crippen LogP) is 2.97. The summed E-state index contributed by atoms with van der Waals surface area (Å²) in [5.74, 6) is -1.90. The van der Waals surface area contributed by atoms with E-state index in [4.69, 9.17) is 0 Å². The first-order valence-electron chi connectivity index (χ1n) is 7.19. The number of amides is 1. The van der Waals surface area contributed by atoms with Crippen molar-refractivity contribution in [2.24, 2.45) is 0 Å². The molecule has 3 nitrogen and oxygen atoms in total. The molecule has 0 aliphatic carbocycles. The van der Waals surface area contributed by atoms with E-state index in [1.165, 1.54) is 0 Å². The summed E-state index contributed by atoms with van der Waals surface area (Å²) in [5.41, 5.74) is 0.842. The van der Waals surface area contributed by atoms with Crippen molar-refractivity contribution in [1.29, 1.82) is 0 Å². The molecule has 0 bridgehead atoms. The molecule has 1 unspecified atom stereocenters. The van der Waals surface area contributed by atoms with E-state index in [1.807, 2.05) is 30.3 Å². The van der Waals surface area contributed by atoms with Gasteiger partial charge in [-0.3, -0.25) is 4.79 Å². The van der Waals surface area contributed by atoms with Crippen molar-refractivity contribution in [3.8, 4) is 0 Å². The van der Waals surface area contributed by atoms with Crippen molar-refractivity contribution in [2.75, 3.05) is 18.0 Å². The molecule has 2 aromatic carbocycles. The number of para-hydroxylation sites is 1. The Bertz CT molecular complexity index is 676. The lowest BCUT2D eigenvalue weighted by molar-refractivity contribution is 0.0936. The highest BCUT2D eigenvalue weighted by atomic mass is 19.1. The van der Waals surface area contributed by atoms with Crippen LogP contribution in [-0.2, 0) is 0 Å². The highest BCUT2D eigenvalue weighted by Crippen LogP contribution is 2.20. The second-order valence-corrected chi connectivity index (χ2v) is 5.36. The first-order valence-corrected chi connectivity index (χ1v) is 7.19. The molecule has 1 aliphatic heterocycles. The Morgan fingerprint density at radius 1 is 1.14 bits per heavy atom. The topological polar surface area (TPSA) is 32.3 Å². The van der Waals surface area contributed by atoms with Gasteiger partial charge in [0.05, 0.1) is 5.56 Å². The number of carbonyl (C=O) groups excluding carboxylic acids is 1. The Morgan fingerprint density at radius 3 is 2.68 bits per heavy atom. The van der Waals surface area contributed by atoms with Crippen molar-refractivity contribution >= 4 is 11.6 Å². The lowest BCUT2D eigenvalue weighted by Crippen LogP contribution is -2.37. The van der Waals surface area contributed by atoms with Crippen LogP contribution in [0.15, 0.2) is 48.5 Å². The average molecular weight is 302 g/mol. The molecule has 1 saturated heterocycles. The van der Waals surface area contributed by atoms with Crippen LogP contribution in [0.2, 0.25) is 0 Å². The van der Waals surface area contributed by atoms with Gasteiger partial charge < -0.3 is 10.2 Å². The van der Waals surface area contributed by atoms with Crippen molar-refractivity contribution in [3.05, 3.63) is 65.7 Å². The molecule has 1 heterocycles. The van der Waals surface area contributed by atoms with Crippen LogP contribution in [0.5, 0.6) is 0 Å². The molecule has 1 amide bonds. The molecular formula is C17H16F2N2O. The minimum absolute atomic E-state index is 0.0737. The Labute approximate surface area is 127 Å². The molecule has 22 heavy (non-hydrogen) atoms. The largest absolute Gasteiger partial charge is 0.369 e. The molecule has 0 saturated carbocycles. The number of hydrogen-bond acceptors (Lipinski definition) is 2. The maximum atomic E-state index is 13.6. The van der Waals surface area contributed by atoms with E-state index in [0.717, 1.165) is 36.9 Å². The van der Waals surface area contributed by atoms with Gasteiger partial charge in [-0.25, -0.2) is 8.78 Å². The maximum Gasteiger partial charge on any atom is 0.254 e. The summed E-state index contributed by atoms with van der Waals surface area (Å²) >= 11 is 0. The van der Waals surface area contributed by atoms with E-state index in [-0.39, 0.29) is 11.6 Å². The van der Waals surface area contributed by atoms with Gasteiger partial charge in [-0.2, -0.15) is 0 Å². The summed E-state index contributed by atoms with van der Waals surface area (Å²) in [5, 5.41) is 2.78. The minimum Gasteiger partial charge on any atom is -0.369 e. The molecule has 5 heteroatoms. The van der Waals surface area contributed by atoms with Crippen molar-refractivity contribution in [3.63, 3.8) is 0 Å². The van der Waals surface area contributed by atoms with Gasteiger partial charge in [-0.1, -0.05) is 18.2 Å². The average Bonchev–Trinajstić information content (AvgIpc) is 2.99. The van der Waals surface area contributed by atoms with Crippen LogP contribution in [0.3, 0.4) is 0 Å². The molecule has 114 valence electrons. The Morgan fingerprint density at radius 2 is 1.91 bits per heavy atom. The van der Waals surface area contributed by atoms with Crippen LogP contribution < -0.4 is 10.2 Å². The van der Waals surface area contributed by atoms with E-state index in [1.54, 1.807) is 0 Å². The van der Waals surface area contributed by atoms with Crippen LogP contribution in [-0.4, -0.2) is 25.0 Å². The van der Waals surface area contributed by atoms with Crippen LogP contribution >= 0.6 is 0 Å². The quantitative estimate of drug-likeness (QED) is 0.945. The lowest BCUT2D eigenvalue weighted by Gasteiger charge is -2.19. The number of carbonyl (C=O) groups is 1. The Hall–Kier alpha value is -2.43. The summed E-state index contributed by atoms with van der Waals surface area (Å²) in [7, 11) is 0. The molecule has 1 N–H and O–H groups in total. The first kappa shape index (κ1) is 14.5. The normalized spacial score (nSPS) is 17.5. The molecular weight excluding hydrogens is 286 g/mol. The summed E-state index contributed by atoms with van der Waals surface area (Å²) in [4.78, 5) is 14.2. The Balaban J connectivity index is 1.65. The predicted molar refractivity (Wildman–Crippen MR) is 80.9 cm³/mol. The lowest BCUT2D eigenvalue weighted by atomic mass is 10.1. The monoisotopic (exact) mass is 302 g/mol. The second kappa shape index (κ2) is 6.13. The fourth-order valence-corrected chi connectivity index (χ4v) is 2.69. The molecule has 0 spiro atoms. The van der Waals surface area contributed by atoms with Gasteiger partial charge in [-0.05, 0) is 36.8 Å². The molecule has 2 aromatic rings. The van der Waals surface area contributed by atoms with Gasteiger partial charge in [-0.15, -0.1) is 0 Å². The van der Waals surface area contributed by atoms with Crippen molar-refractivity contribution in [1.82, 2.24) is 5.32 Å². The van der Waals surface area contributed by atoms with Gasteiger partial charge >= 0.3 is 0 Å². The van der Waals surface area contributed by atoms with Crippen molar-refractivity contribution in [2.45, 2.75) is 12.5 Å². The second-order valence-electron chi connectivity index (χ2n) is 5.36. The fourth-order valence-electron chi connectivity index (χ4n) is 2.69. The molecule has 1 fully saturated rings. The third-order valence-corrected chi connectivity index (χ3v) is 3.82. The van der Waals surface area contributed by atoms with Gasteiger partial charge in [0, 0.05) is 24.8 Å². The zero-order valence-corrected chi connectivity index (χ0v) is 11.9.